The number of thioether (sulfide) groups is 1. The average Bonchev–Trinajstić information content (AvgIpc) is 3.25. The lowest BCUT2D eigenvalue weighted by atomic mass is 10.1. The molecule has 0 radical (unpaired) electrons. The van der Waals surface area contributed by atoms with E-state index >= 15 is 0 Å². The van der Waals surface area contributed by atoms with E-state index in [1.807, 2.05) is 89.5 Å². The van der Waals surface area contributed by atoms with Crippen molar-refractivity contribution in [2.45, 2.75) is 5.16 Å². The number of nitrogens with zero attached hydrogens (tertiary/aromatic N) is 4. The van der Waals surface area contributed by atoms with E-state index in [9.17, 15) is 5.21 Å². The van der Waals surface area contributed by atoms with Crippen molar-refractivity contribution in [3.8, 4) is 22.8 Å². The van der Waals surface area contributed by atoms with Gasteiger partial charge < -0.3 is 9.94 Å². The highest BCUT2D eigenvalue weighted by atomic mass is 32.2. The molecule has 1 N–H and O–H groups in total. The Hall–Kier alpha value is -3.58. The van der Waals surface area contributed by atoms with Gasteiger partial charge >= 0.3 is 0 Å². The summed E-state index contributed by atoms with van der Waals surface area (Å²) in [6.45, 7) is 0. The van der Waals surface area contributed by atoms with Crippen LogP contribution in [0.4, 0.5) is 0 Å². The monoisotopic (exact) mass is 416 g/mol. The van der Waals surface area contributed by atoms with Crippen molar-refractivity contribution in [1.29, 1.82) is 0 Å². The third-order valence-corrected chi connectivity index (χ3v) is 5.50. The Kier molecular flexibility index (Phi) is 6.10. The smallest absolute Gasteiger partial charge is 0.196 e. The Morgan fingerprint density at radius 3 is 2.23 bits per heavy atom. The maximum Gasteiger partial charge on any atom is 0.196 e. The molecular formula is C23H20N4O2S. The third-order valence-electron chi connectivity index (χ3n) is 4.56. The number of hydrogen-bond donors (Lipinski definition) is 1. The van der Waals surface area contributed by atoms with Gasteiger partial charge in [-0.1, -0.05) is 65.4 Å². The largest absolute Gasteiger partial charge is 0.497 e. The summed E-state index contributed by atoms with van der Waals surface area (Å²) in [6, 6.07) is 27.3. The van der Waals surface area contributed by atoms with E-state index in [0.717, 1.165) is 28.4 Å². The molecule has 0 bridgehead atoms. The minimum atomic E-state index is 0.452. The van der Waals surface area contributed by atoms with E-state index in [1.165, 1.54) is 11.8 Å². The van der Waals surface area contributed by atoms with Crippen LogP contribution >= 0.6 is 11.8 Å². The van der Waals surface area contributed by atoms with Gasteiger partial charge in [0.15, 0.2) is 11.0 Å². The van der Waals surface area contributed by atoms with Crippen LogP contribution in [-0.4, -0.2) is 38.5 Å². The SMILES string of the molecule is COc1ccc(-c2nnc(SC/C(=N\O)c3ccccc3)n2-c2ccccc2)cc1. The Bertz CT molecular complexity index is 1130. The fourth-order valence-electron chi connectivity index (χ4n) is 3.03. The van der Waals surface area contributed by atoms with Gasteiger partial charge in [-0.05, 0) is 36.4 Å². The molecule has 0 saturated heterocycles. The Balaban J connectivity index is 1.68. The lowest BCUT2D eigenvalue weighted by Crippen LogP contribution is -2.06. The normalized spacial score (nSPS) is 11.4. The second-order valence-electron chi connectivity index (χ2n) is 6.41. The first-order chi connectivity index (χ1) is 14.8. The molecule has 0 aliphatic heterocycles. The summed E-state index contributed by atoms with van der Waals surface area (Å²) in [6.07, 6.45) is 0. The van der Waals surface area contributed by atoms with Crippen molar-refractivity contribution in [2.75, 3.05) is 12.9 Å². The summed E-state index contributed by atoms with van der Waals surface area (Å²) < 4.78 is 7.27. The summed E-state index contributed by atoms with van der Waals surface area (Å²) in [4.78, 5) is 0. The topological polar surface area (TPSA) is 72.5 Å². The number of para-hydroxylation sites is 1. The predicted molar refractivity (Wildman–Crippen MR) is 119 cm³/mol. The molecule has 4 aromatic rings. The first kappa shape index (κ1) is 19.7. The van der Waals surface area contributed by atoms with Crippen LogP contribution < -0.4 is 4.74 Å². The zero-order chi connectivity index (χ0) is 20.8. The molecule has 0 aliphatic rings. The average molecular weight is 417 g/mol. The maximum atomic E-state index is 9.50. The first-order valence-corrected chi connectivity index (χ1v) is 10.3. The van der Waals surface area contributed by atoms with Gasteiger partial charge in [-0.2, -0.15) is 0 Å². The Morgan fingerprint density at radius 2 is 1.60 bits per heavy atom. The van der Waals surface area contributed by atoms with Gasteiger partial charge in [-0.25, -0.2) is 0 Å². The first-order valence-electron chi connectivity index (χ1n) is 9.34. The molecule has 0 aliphatic carbocycles. The molecule has 3 aromatic carbocycles. The molecule has 0 fully saturated rings. The number of hydrogen-bond acceptors (Lipinski definition) is 6. The number of rotatable bonds is 7. The van der Waals surface area contributed by atoms with Crippen LogP contribution in [0, 0.1) is 0 Å². The van der Waals surface area contributed by atoms with Crippen molar-refractivity contribution in [3.63, 3.8) is 0 Å². The standard InChI is InChI=1S/C23H20N4O2S/c1-29-20-14-12-18(13-15-20)22-24-25-23(27(22)19-10-6-3-7-11-19)30-16-21(26-28)17-8-4-2-5-9-17/h2-15,28H,16H2,1H3/b26-21+. The predicted octanol–water partition coefficient (Wildman–Crippen LogP) is 4.91. The Morgan fingerprint density at radius 1 is 0.933 bits per heavy atom. The Labute approximate surface area is 178 Å². The van der Waals surface area contributed by atoms with Gasteiger partial charge in [-0.3, -0.25) is 4.57 Å². The van der Waals surface area contributed by atoms with E-state index in [-0.39, 0.29) is 0 Å². The highest BCUT2D eigenvalue weighted by Gasteiger charge is 2.17. The highest BCUT2D eigenvalue weighted by Crippen LogP contribution is 2.29. The molecule has 1 aromatic heterocycles. The number of oxime groups is 1. The number of ether oxygens (including phenoxy) is 1. The second kappa shape index (κ2) is 9.28. The van der Waals surface area contributed by atoms with Crippen LogP contribution in [0.1, 0.15) is 5.56 Å². The molecule has 150 valence electrons. The van der Waals surface area contributed by atoms with Crippen molar-refractivity contribution >= 4 is 17.5 Å². The molecule has 0 atom stereocenters. The lowest BCUT2D eigenvalue weighted by molar-refractivity contribution is 0.319. The summed E-state index contributed by atoms with van der Waals surface area (Å²) in [5.74, 6) is 1.97. The summed E-state index contributed by atoms with van der Waals surface area (Å²) >= 11 is 1.47. The van der Waals surface area contributed by atoms with Crippen molar-refractivity contribution in [1.82, 2.24) is 14.8 Å². The van der Waals surface area contributed by atoms with Crippen LogP contribution in [0.3, 0.4) is 0 Å². The number of benzene rings is 3. The van der Waals surface area contributed by atoms with E-state index in [4.69, 9.17) is 4.74 Å². The molecule has 4 rings (SSSR count). The number of methoxy groups -OCH3 is 1. The highest BCUT2D eigenvalue weighted by molar-refractivity contribution is 7.99. The van der Waals surface area contributed by atoms with Crippen molar-refractivity contribution in [2.24, 2.45) is 5.16 Å². The minimum absolute atomic E-state index is 0.452. The maximum absolute atomic E-state index is 9.50. The molecule has 0 unspecified atom stereocenters. The van der Waals surface area contributed by atoms with Gasteiger partial charge in [-0.15, -0.1) is 10.2 Å². The lowest BCUT2D eigenvalue weighted by Gasteiger charge is -2.11. The van der Waals surface area contributed by atoms with E-state index in [1.54, 1.807) is 7.11 Å². The second-order valence-corrected chi connectivity index (χ2v) is 7.35. The molecule has 0 spiro atoms. The van der Waals surface area contributed by atoms with E-state index in [0.29, 0.717) is 16.6 Å². The molecule has 0 saturated carbocycles. The van der Waals surface area contributed by atoms with Gasteiger partial charge in [0.1, 0.15) is 5.75 Å². The van der Waals surface area contributed by atoms with Crippen LogP contribution in [0.2, 0.25) is 0 Å². The van der Waals surface area contributed by atoms with Crippen LogP contribution in [-0.2, 0) is 0 Å². The fraction of sp³-hybridized carbons (Fsp3) is 0.0870. The zero-order valence-corrected chi connectivity index (χ0v) is 17.2. The minimum Gasteiger partial charge on any atom is -0.497 e. The van der Waals surface area contributed by atoms with Gasteiger partial charge in [0.25, 0.3) is 0 Å². The molecule has 30 heavy (non-hydrogen) atoms. The quantitative estimate of drug-likeness (QED) is 0.200. The third kappa shape index (κ3) is 4.21. The molecule has 0 amide bonds. The van der Waals surface area contributed by atoms with Crippen LogP contribution in [0.5, 0.6) is 5.75 Å². The molecule has 7 heteroatoms. The summed E-state index contributed by atoms with van der Waals surface area (Å²) in [5.41, 5.74) is 3.33. The van der Waals surface area contributed by atoms with Gasteiger partial charge in [0, 0.05) is 22.6 Å². The molecule has 6 nitrogen and oxygen atoms in total. The molecule has 1 heterocycles. The van der Waals surface area contributed by atoms with E-state index in [2.05, 4.69) is 15.4 Å². The zero-order valence-electron chi connectivity index (χ0n) is 16.3. The van der Waals surface area contributed by atoms with Crippen LogP contribution in [0.25, 0.3) is 17.1 Å². The van der Waals surface area contributed by atoms with Crippen molar-refractivity contribution in [3.05, 3.63) is 90.5 Å². The van der Waals surface area contributed by atoms with Gasteiger partial charge in [0.05, 0.1) is 12.8 Å². The van der Waals surface area contributed by atoms with Crippen LogP contribution in [0.15, 0.2) is 95.2 Å². The van der Waals surface area contributed by atoms with Crippen molar-refractivity contribution < 1.29 is 9.94 Å². The molecular weight excluding hydrogens is 396 g/mol. The van der Waals surface area contributed by atoms with E-state index < -0.39 is 0 Å². The fourth-order valence-corrected chi connectivity index (χ4v) is 3.94. The summed E-state index contributed by atoms with van der Waals surface area (Å²) in [5, 5.41) is 22.6. The van der Waals surface area contributed by atoms with Gasteiger partial charge in [0.2, 0.25) is 0 Å². The number of aromatic nitrogens is 3. The summed E-state index contributed by atoms with van der Waals surface area (Å²) in [7, 11) is 1.64.